The summed E-state index contributed by atoms with van der Waals surface area (Å²) in [6.45, 7) is 3.57. The summed E-state index contributed by atoms with van der Waals surface area (Å²) in [5.74, 6) is 0.109. The number of rotatable bonds is 5. The van der Waals surface area contributed by atoms with E-state index in [0.717, 1.165) is 16.3 Å². The van der Waals surface area contributed by atoms with Crippen molar-refractivity contribution in [3.05, 3.63) is 52.5 Å². The Bertz CT molecular complexity index is 802. The van der Waals surface area contributed by atoms with Gasteiger partial charge in [0.15, 0.2) is 0 Å². The minimum atomic E-state index is -1.26. The molecule has 3 rings (SSSR count). The van der Waals surface area contributed by atoms with Crippen LogP contribution in [0.3, 0.4) is 0 Å². The second kappa shape index (κ2) is 6.02. The average molecular weight is 331 g/mol. The van der Waals surface area contributed by atoms with Gasteiger partial charge in [-0.1, -0.05) is 0 Å². The molecule has 0 aliphatic rings. The zero-order valence-electron chi connectivity index (χ0n) is 12.8. The third-order valence-corrected chi connectivity index (χ3v) is 4.26. The molecule has 1 atom stereocenters. The summed E-state index contributed by atoms with van der Waals surface area (Å²) in [5.41, 5.74) is 0.851. The molecule has 3 aromatic heterocycles. The van der Waals surface area contributed by atoms with Gasteiger partial charge in [-0.2, -0.15) is 0 Å². The van der Waals surface area contributed by atoms with Crippen LogP contribution in [-0.2, 0) is 5.60 Å². The SMILES string of the molecule is Cc1nc(-c2c[nH]c(C(=O)NCC(C)(O)c3ccco3)c2)cs1. The monoisotopic (exact) mass is 331 g/mol. The Balaban J connectivity index is 1.66. The Morgan fingerprint density at radius 1 is 1.57 bits per heavy atom. The zero-order valence-corrected chi connectivity index (χ0v) is 13.6. The van der Waals surface area contributed by atoms with Crippen LogP contribution in [0, 0.1) is 6.92 Å². The molecule has 23 heavy (non-hydrogen) atoms. The predicted molar refractivity (Wildman–Crippen MR) is 87.2 cm³/mol. The molecule has 1 amide bonds. The van der Waals surface area contributed by atoms with Gasteiger partial charge in [-0.15, -0.1) is 11.3 Å². The Hall–Kier alpha value is -2.38. The smallest absolute Gasteiger partial charge is 0.267 e. The first kappa shape index (κ1) is 15.5. The van der Waals surface area contributed by atoms with Crippen molar-refractivity contribution in [3.63, 3.8) is 0 Å². The normalized spacial score (nSPS) is 13.7. The number of thiazole rings is 1. The van der Waals surface area contributed by atoms with Crippen LogP contribution in [0.5, 0.6) is 0 Å². The molecular formula is C16H17N3O3S. The van der Waals surface area contributed by atoms with Crippen LogP contribution in [-0.4, -0.2) is 27.5 Å². The quantitative estimate of drug-likeness (QED) is 0.670. The number of amides is 1. The van der Waals surface area contributed by atoms with Gasteiger partial charge < -0.3 is 19.8 Å². The van der Waals surface area contributed by atoms with Crippen LogP contribution in [0.1, 0.15) is 28.2 Å². The molecular weight excluding hydrogens is 314 g/mol. The molecule has 0 aromatic carbocycles. The second-order valence-electron chi connectivity index (χ2n) is 5.49. The second-order valence-corrected chi connectivity index (χ2v) is 6.55. The van der Waals surface area contributed by atoms with Crippen LogP contribution >= 0.6 is 11.3 Å². The topological polar surface area (TPSA) is 91.2 Å². The highest BCUT2D eigenvalue weighted by atomic mass is 32.1. The number of nitrogens with one attached hydrogen (secondary N) is 2. The standard InChI is InChI=1S/C16H17N3O3S/c1-10-19-13(8-23-10)11-6-12(17-7-11)15(20)18-9-16(2,21)14-4-3-5-22-14/h3-8,17,21H,9H2,1-2H3,(H,18,20). The highest BCUT2D eigenvalue weighted by molar-refractivity contribution is 7.09. The van der Waals surface area contributed by atoms with Gasteiger partial charge in [0, 0.05) is 17.1 Å². The van der Waals surface area contributed by atoms with Crippen molar-refractivity contribution >= 4 is 17.2 Å². The Labute approximate surface area is 137 Å². The van der Waals surface area contributed by atoms with E-state index in [-0.39, 0.29) is 12.5 Å². The van der Waals surface area contributed by atoms with Crippen molar-refractivity contribution in [2.24, 2.45) is 0 Å². The highest BCUT2D eigenvalue weighted by Crippen LogP contribution is 2.23. The van der Waals surface area contributed by atoms with Crippen LogP contribution < -0.4 is 5.32 Å². The van der Waals surface area contributed by atoms with E-state index in [1.54, 1.807) is 42.7 Å². The van der Waals surface area contributed by atoms with Crippen molar-refractivity contribution in [1.82, 2.24) is 15.3 Å². The molecule has 3 N–H and O–H groups in total. The summed E-state index contributed by atoms with van der Waals surface area (Å²) in [6, 6.07) is 5.10. The first-order valence-electron chi connectivity index (χ1n) is 7.11. The fourth-order valence-electron chi connectivity index (χ4n) is 2.19. The number of furan rings is 1. The largest absolute Gasteiger partial charge is 0.466 e. The Morgan fingerprint density at radius 3 is 3.04 bits per heavy atom. The minimum absolute atomic E-state index is 0.0451. The van der Waals surface area contributed by atoms with Crippen LogP contribution in [0.15, 0.2) is 40.5 Å². The molecule has 120 valence electrons. The van der Waals surface area contributed by atoms with Gasteiger partial charge in [0.2, 0.25) is 0 Å². The molecule has 0 aliphatic carbocycles. The predicted octanol–water partition coefficient (Wildman–Crippen LogP) is 2.68. The molecule has 7 heteroatoms. The summed E-state index contributed by atoms with van der Waals surface area (Å²) in [7, 11) is 0. The van der Waals surface area contributed by atoms with Gasteiger partial charge in [0.05, 0.1) is 23.5 Å². The third-order valence-electron chi connectivity index (χ3n) is 3.49. The molecule has 0 saturated carbocycles. The molecule has 0 fully saturated rings. The lowest BCUT2D eigenvalue weighted by Gasteiger charge is -2.20. The number of aliphatic hydroxyl groups is 1. The Morgan fingerprint density at radius 2 is 2.39 bits per heavy atom. The number of hydrogen-bond donors (Lipinski definition) is 3. The molecule has 0 spiro atoms. The van der Waals surface area contributed by atoms with Crippen molar-refractivity contribution in [1.29, 1.82) is 0 Å². The van der Waals surface area contributed by atoms with Gasteiger partial charge in [-0.25, -0.2) is 4.98 Å². The zero-order chi connectivity index (χ0) is 16.4. The van der Waals surface area contributed by atoms with Crippen LogP contribution in [0.25, 0.3) is 11.3 Å². The maximum Gasteiger partial charge on any atom is 0.267 e. The van der Waals surface area contributed by atoms with E-state index in [0.29, 0.717) is 11.5 Å². The first-order chi connectivity index (χ1) is 11.0. The van der Waals surface area contributed by atoms with E-state index >= 15 is 0 Å². The molecule has 0 aliphatic heterocycles. The van der Waals surface area contributed by atoms with Crippen molar-refractivity contribution < 1.29 is 14.3 Å². The Kier molecular flexibility index (Phi) is 4.06. The van der Waals surface area contributed by atoms with Gasteiger partial charge >= 0.3 is 0 Å². The number of hydrogen-bond acceptors (Lipinski definition) is 5. The number of aromatic nitrogens is 2. The van der Waals surface area contributed by atoms with E-state index in [9.17, 15) is 9.90 Å². The first-order valence-corrected chi connectivity index (χ1v) is 7.99. The van der Waals surface area contributed by atoms with Crippen molar-refractivity contribution in [2.75, 3.05) is 6.54 Å². The third kappa shape index (κ3) is 3.35. The average Bonchev–Trinajstić information content (AvgIpc) is 3.24. The van der Waals surface area contributed by atoms with Gasteiger partial charge in [-0.05, 0) is 32.0 Å². The fraction of sp³-hybridized carbons (Fsp3) is 0.250. The lowest BCUT2D eigenvalue weighted by Crippen LogP contribution is -2.38. The summed E-state index contributed by atoms with van der Waals surface area (Å²) in [5, 5.41) is 15.9. The number of aryl methyl sites for hydroxylation is 1. The van der Waals surface area contributed by atoms with E-state index in [1.165, 1.54) is 6.26 Å². The highest BCUT2D eigenvalue weighted by Gasteiger charge is 2.27. The number of carbonyl (C=O) groups excluding carboxylic acids is 1. The van der Waals surface area contributed by atoms with Crippen molar-refractivity contribution in [3.8, 4) is 11.3 Å². The molecule has 6 nitrogen and oxygen atoms in total. The summed E-state index contributed by atoms with van der Waals surface area (Å²) < 4.78 is 5.18. The molecule has 0 radical (unpaired) electrons. The van der Waals surface area contributed by atoms with Crippen LogP contribution in [0.4, 0.5) is 0 Å². The van der Waals surface area contributed by atoms with Gasteiger partial charge in [-0.3, -0.25) is 4.79 Å². The summed E-state index contributed by atoms with van der Waals surface area (Å²) in [4.78, 5) is 19.5. The molecule has 0 saturated heterocycles. The molecule has 0 bridgehead atoms. The maximum atomic E-state index is 12.2. The van der Waals surface area contributed by atoms with E-state index in [4.69, 9.17) is 4.42 Å². The maximum absolute atomic E-state index is 12.2. The van der Waals surface area contributed by atoms with Crippen LogP contribution in [0.2, 0.25) is 0 Å². The molecule has 3 heterocycles. The number of carbonyl (C=O) groups is 1. The number of nitrogens with zero attached hydrogens (tertiary/aromatic N) is 1. The van der Waals surface area contributed by atoms with E-state index < -0.39 is 5.60 Å². The summed E-state index contributed by atoms with van der Waals surface area (Å²) in [6.07, 6.45) is 3.23. The molecule has 1 unspecified atom stereocenters. The minimum Gasteiger partial charge on any atom is -0.466 e. The molecule has 3 aromatic rings. The lowest BCUT2D eigenvalue weighted by molar-refractivity contribution is 0.0329. The summed E-state index contributed by atoms with van der Waals surface area (Å²) >= 11 is 1.56. The van der Waals surface area contributed by atoms with E-state index in [2.05, 4.69) is 15.3 Å². The van der Waals surface area contributed by atoms with E-state index in [1.807, 2.05) is 12.3 Å². The number of aromatic amines is 1. The lowest BCUT2D eigenvalue weighted by atomic mass is 10.0. The fourth-order valence-corrected chi connectivity index (χ4v) is 2.81. The number of H-pyrrole nitrogens is 1. The van der Waals surface area contributed by atoms with Gasteiger partial charge in [0.1, 0.15) is 17.1 Å². The van der Waals surface area contributed by atoms with Gasteiger partial charge in [0.25, 0.3) is 5.91 Å². The van der Waals surface area contributed by atoms with Crippen molar-refractivity contribution in [2.45, 2.75) is 19.4 Å².